The Morgan fingerprint density at radius 3 is 2.62 bits per heavy atom. The molecule has 3 aliphatic rings. The van der Waals surface area contributed by atoms with Crippen molar-refractivity contribution in [3.8, 4) is 0 Å². The fourth-order valence-corrected chi connectivity index (χ4v) is 4.03. The molecule has 114 valence electrons. The Labute approximate surface area is 125 Å². The number of fused-ring (bicyclic) bond motifs is 4. The average Bonchev–Trinajstić information content (AvgIpc) is 2.94. The quantitative estimate of drug-likeness (QED) is 0.589. The SMILES string of the molecule is C=C1C(=C)[C@]2(C(OC)OC)O[C@H]1C1=C2CC[C@H](C(C)=O)C1. The molecule has 4 heteroatoms. The van der Waals surface area contributed by atoms with Gasteiger partial charge in [0.05, 0.1) is 0 Å². The van der Waals surface area contributed by atoms with E-state index in [-0.39, 0.29) is 17.8 Å². The molecule has 0 saturated carbocycles. The summed E-state index contributed by atoms with van der Waals surface area (Å²) in [5.74, 6) is 0.339. The lowest BCUT2D eigenvalue weighted by Crippen LogP contribution is -2.46. The van der Waals surface area contributed by atoms with Crippen LogP contribution in [0.3, 0.4) is 0 Å². The van der Waals surface area contributed by atoms with Crippen LogP contribution in [0.15, 0.2) is 35.5 Å². The predicted octanol–water partition coefficient (Wildman–Crippen LogP) is 2.55. The maximum absolute atomic E-state index is 11.7. The Morgan fingerprint density at radius 1 is 1.38 bits per heavy atom. The van der Waals surface area contributed by atoms with Crippen LogP contribution in [-0.2, 0) is 19.0 Å². The molecule has 1 aliphatic carbocycles. The molecule has 2 bridgehead atoms. The van der Waals surface area contributed by atoms with Crippen LogP contribution in [0.4, 0.5) is 0 Å². The van der Waals surface area contributed by atoms with E-state index in [2.05, 4.69) is 13.2 Å². The molecule has 0 aromatic heterocycles. The molecule has 0 unspecified atom stereocenters. The second-order valence-corrected chi connectivity index (χ2v) is 6.09. The van der Waals surface area contributed by atoms with Crippen molar-refractivity contribution >= 4 is 5.78 Å². The van der Waals surface area contributed by atoms with Crippen molar-refractivity contribution in [2.45, 2.75) is 44.2 Å². The summed E-state index contributed by atoms with van der Waals surface area (Å²) in [6.45, 7) is 9.95. The highest BCUT2D eigenvalue weighted by Gasteiger charge is 2.62. The van der Waals surface area contributed by atoms with Gasteiger partial charge in [0.15, 0.2) is 11.9 Å². The number of carbonyl (C=O) groups is 1. The Morgan fingerprint density at radius 2 is 2.05 bits per heavy atom. The number of hydrogen-bond donors (Lipinski definition) is 0. The lowest BCUT2D eigenvalue weighted by atomic mass is 9.68. The van der Waals surface area contributed by atoms with Crippen LogP contribution in [0.25, 0.3) is 0 Å². The fourth-order valence-electron chi connectivity index (χ4n) is 4.03. The third-order valence-electron chi connectivity index (χ3n) is 5.15. The van der Waals surface area contributed by atoms with Gasteiger partial charge in [-0.05, 0) is 48.5 Å². The van der Waals surface area contributed by atoms with Gasteiger partial charge in [-0.25, -0.2) is 0 Å². The van der Waals surface area contributed by atoms with Crippen LogP contribution < -0.4 is 0 Å². The van der Waals surface area contributed by atoms with Crippen molar-refractivity contribution in [3.63, 3.8) is 0 Å². The Hall–Kier alpha value is -1.23. The van der Waals surface area contributed by atoms with E-state index in [1.54, 1.807) is 21.1 Å². The predicted molar refractivity (Wildman–Crippen MR) is 78.7 cm³/mol. The largest absolute Gasteiger partial charge is 0.352 e. The molecule has 2 aliphatic heterocycles. The van der Waals surface area contributed by atoms with Gasteiger partial charge < -0.3 is 14.2 Å². The van der Waals surface area contributed by atoms with Crippen LogP contribution in [0, 0.1) is 5.92 Å². The number of Topliss-reactive ketones (excluding diaryl/α,β-unsaturated/α-hetero) is 1. The van der Waals surface area contributed by atoms with Crippen LogP contribution >= 0.6 is 0 Å². The molecular formula is C17H22O4. The van der Waals surface area contributed by atoms with Gasteiger partial charge in [-0.2, -0.15) is 0 Å². The van der Waals surface area contributed by atoms with Crippen molar-refractivity contribution in [2.75, 3.05) is 14.2 Å². The lowest BCUT2D eigenvalue weighted by molar-refractivity contribution is -0.192. The molecule has 0 N–H and O–H groups in total. The standard InChI is InChI=1S/C17H22O4/c1-9-10(2)17(16(19-4)20-5)14-7-6-12(11(3)18)8-13(14)15(9)21-17/h12,15-16H,1-2,6-8H2,3-5H3/t12-,15+,17-/m0/s1. The highest BCUT2D eigenvalue weighted by Crippen LogP contribution is 2.59. The topological polar surface area (TPSA) is 44.8 Å². The van der Waals surface area contributed by atoms with Crippen molar-refractivity contribution < 1.29 is 19.0 Å². The van der Waals surface area contributed by atoms with Gasteiger partial charge in [0, 0.05) is 20.1 Å². The van der Waals surface area contributed by atoms with Gasteiger partial charge in [0.1, 0.15) is 11.9 Å². The number of hydrogen-bond acceptors (Lipinski definition) is 4. The van der Waals surface area contributed by atoms with E-state index in [4.69, 9.17) is 14.2 Å². The molecule has 3 rings (SSSR count). The first kappa shape index (κ1) is 14.7. The Bertz CT molecular complexity index is 555. The van der Waals surface area contributed by atoms with E-state index in [9.17, 15) is 4.79 Å². The summed E-state index contributed by atoms with van der Waals surface area (Å²) in [7, 11) is 3.21. The normalized spacial score (nSPS) is 34.9. The van der Waals surface area contributed by atoms with Crippen molar-refractivity contribution in [1.29, 1.82) is 0 Å². The first-order chi connectivity index (χ1) is 9.97. The summed E-state index contributed by atoms with van der Waals surface area (Å²) in [5, 5.41) is 0. The van der Waals surface area contributed by atoms with Crippen molar-refractivity contribution in [2.24, 2.45) is 5.92 Å². The number of ketones is 1. The Kier molecular flexibility index (Phi) is 3.43. The van der Waals surface area contributed by atoms with Gasteiger partial charge in [0.25, 0.3) is 0 Å². The monoisotopic (exact) mass is 290 g/mol. The van der Waals surface area contributed by atoms with E-state index in [1.165, 1.54) is 11.1 Å². The zero-order chi connectivity index (χ0) is 15.4. The molecule has 0 aromatic carbocycles. The van der Waals surface area contributed by atoms with Crippen LogP contribution in [-0.4, -0.2) is 38.0 Å². The van der Waals surface area contributed by atoms with Crippen molar-refractivity contribution in [3.05, 3.63) is 35.5 Å². The second-order valence-electron chi connectivity index (χ2n) is 6.09. The maximum atomic E-state index is 11.7. The summed E-state index contributed by atoms with van der Waals surface area (Å²) in [4.78, 5) is 11.7. The molecule has 4 nitrogen and oxygen atoms in total. The number of rotatable bonds is 4. The van der Waals surface area contributed by atoms with Gasteiger partial charge in [-0.15, -0.1) is 0 Å². The average molecular weight is 290 g/mol. The van der Waals surface area contributed by atoms with E-state index in [1.807, 2.05) is 0 Å². The van der Waals surface area contributed by atoms with Gasteiger partial charge >= 0.3 is 0 Å². The van der Waals surface area contributed by atoms with Crippen LogP contribution in [0.1, 0.15) is 26.2 Å². The minimum absolute atomic E-state index is 0.0911. The van der Waals surface area contributed by atoms with Gasteiger partial charge in [-0.1, -0.05) is 13.2 Å². The van der Waals surface area contributed by atoms with Crippen LogP contribution in [0.5, 0.6) is 0 Å². The number of carbonyl (C=O) groups excluding carboxylic acids is 1. The zero-order valence-corrected chi connectivity index (χ0v) is 12.9. The molecular weight excluding hydrogens is 268 g/mol. The van der Waals surface area contributed by atoms with E-state index < -0.39 is 11.9 Å². The first-order valence-electron chi connectivity index (χ1n) is 7.32. The zero-order valence-electron chi connectivity index (χ0n) is 12.9. The Balaban J connectivity index is 2.07. The minimum atomic E-state index is -0.748. The molecule has 21 heavy (non-hydrogen) atoms. The smallest absolute Gasteiger partial charge is 0.194 e. The molecule has 1 fully saturated rings. The molecule has 1 saturated heterocycles. The van der Waals surface area contributed by atoms with E-state index in [0.717, 1.165) is 30.4 Å². The highest BCUT2D eigenvalue weighted by atomic mass is 16.7. The van der Waals surface area contributed by atoms with Gasteiger partial charge in [-0.3, -0.25) is 4.79 Å². The molecule has 3 atom stereocenters. The summed E-state index contributed by atoms with van der Waals surface area (Å²) in [6, 6.07) is 0. The summed E-state index contributed by atoms with van der Waals surface area (Å²) >= 11 is 0. The van der Waals surface area contributed by atoms with Gasteiger partial charge in [0.2, 0.25) is 0 Å². The lowest BCUT2D eigenvalue weighted by Gasteiger charge is -2.38. The minimum Gasteiger partial charge on any atom is -0.352 e. The molecule has 0 aromatic rings. The summed E-state index contributed by atoms with van der Waals surface area (Å²) in [5.41, 5.74) is 3.37. The third-order valence-corrected chi connectivity index (χ3v) is 5.15. The maximum Gasteiger partial charge on any atom is 0.194 e. The number of ether oxygens (including phenoxy) is 3. The highest BCUT2D eigenvalue weighted by molar-refractivity contribution is 5.79. The van der Waals surface area contributed by atoms with Crippen molar-refractivity contribution in [1.82, 2.24) is 0 Å². The second kappa shape index (κ2) is 4.90. The molecule has 0 radical (unpaired) electrons. The fraction of sp³-hybridized carbons (Fsp3) is 0.588. The molecule has 2 heterocycles. The first-order valence-corrected chi connectivity index (χ1v) is 7.32. The summed E-state index contributed by atoms with van der Waals surface area (Å²) < 4.78 is 17.3. The number of methoxy groups -OCH3 is 2. The third kappa shape index (κ3) is 1.76. The van der Waals surface area contributed by atoms with Crippen LogP contribution in [0.2, 0.25) is 0 Å². The molecule has 0 amide bonds. The summed E-state index contributed by atoms with van der Waals surface area (Å²) in [6.07, 6.45) is 1.73. The van der Waals surface area contributed by atoms with E-state index >= 15 is 0 Å². The molecule has 0 spiro atoms. The van der Waals surface area contributed by atoms with E-state index in [0.29, 0.717) is 0 Å².